The van der Waals surface area contributed by atoms with Crippen LogP contribution in [0.15, 0.2) is 39.1 Å². The maximum Gasteiger partial charge on any atom is 0.191 e. The van der Waals surface area contributed by atoms with Crippen molar-refractivity contribution in [3.05, 3.63) is 44.8 Å². The third kappa shape index (κ3) is 5.79. The van der Waals surface area contributed by atoms with Crippen molar-refractivity contribution < 1.29 is 4.74 Å². The summed E-state index contributed by atoms with van der Waals surface area (Å²) >= 11 is 5.18. The molecule has 1 heterocycles. The van der Waals surface area contributed by atoms with Gasteiger partial charge >= 0.3 is 0 Å². The number of benzene rings is 1. The molecule has 1 unspecified atom stereocenters. The van der Waals surface area contributed by atoms with E-state index in [2.05, 4.69) is 48.8 Å². The molecule has 0 amide bonds. The fourth-order valence-corrected chi connectivity index (χ4v) is 3.15. The number of nitrogens with one attached hydrogen (secondary N) is 2. The summed E-state index contributed by atoms with van der Waals surface area (Å²) < 4.78 is 6.87. The van der Waals surface area contributed by atoms with Crippen LogP contribution in [0.5, 0.6) is 5.75 Å². The first-order valence-electron chi connectivity index (χ1n) is 7.91. The molecule has 0 saturated carbocycles. The summed E-state index contributed by atoms with van der Waals surface area (Å²) in [6.07, 6.45) is 0.981. The van der Waals surface area contributed by atoms with Crippen molar-refractivity contribution in [1.29, 1.82) is 0 Å². The summed E-state index contributed by atoms with van der Waals surface area (Å²) in [6, 6.07) is 7.84. The molecule has 0 fully saturated rings. The highest BCUT2D eigenvalue weighted by Gasteiger charge is 2.08. The molecule has 0 spiro atoms. The van der Waals surface area contributed by atoms with Gasteiger partial charge in [0.15, 0.2) is 5.96 Å². The van der Waals surface area contributed by atoms with Gasteiger partial charge in [0.2, 0.25) is 0 Å². The van der Waals surface area contributed by atoms with E-state index in [0.29, 0.717) is 13.1 Å². The number of ether oxygens (including phenoxy) is 1. The third-order valence-corrected chi connectivity index (χ3v) is 4.98. The molecule has 2 N–H and O–H groups in total. The third-order valence-electron chi connectivity index (χ3n) is 3.28. The molecule has 1 aromatic carbocycles. The minimum absolute atomic E-state index is 0.00761. The van der Waals surface area contributed by atoms with Gasteiger partial charge in [0.05, 0.1) is 28.3 Å². The number of hydrogen-bond donors (Lipinski definition) is 2. The first kappa shape index (κ1) is 18.7. The van der Waals surface area contributed by atoms with Crippen molar-refractivity contribution in [3.8, 4) is 5.75 Å². The Hall–Kier alpha value is -1.60. The fourth-order valence-electron chi connectivity index (χ4n) is 2.03. The minimum Gasteiger partial charge on any atom is -0.488 e. The number of halogens is 1. The summed E-state index contributed by atoms with van der Waals surface area (Å²) in [5, 5.41) is 9.78. The van der Waals surface area contributed by atoms with Gasteiger partial charge in [-0.15, -0.1) is 11.3 Å². The number of rotatable bonds is 7. The lowest BCUT2D eigenvalue weighted by atomic mass is 10.3. The first-order chi connectivity index (χ1) is 11.6. The Labute approximate surface area is 155 Å². The Morgan fingerprint density at radius 2 is 2.17 bits per heavy atom. The largest absolute Gasteiger partial charge is 0.488 e. The molecule has 5 nitrogen and oxygen atoms in total. The normalized spacial score (nSPS) is 12.8. The molecule has 130 valence electrons. The van der Waals surface area contributed by atoms with Gasteiger partial charge in [0.25, 0.3) is 0 Å². The van der Waals surface area contributed by atoms with Gasteiger partial charge in [-0.3, -0.25) is 4.99 Å². The summed E-state index contributed by atoms with van der Waals surface area (Å²) in [5.41, 5.74) is 1.04. The van der Waals surface area contributed by atoms with Crippen molar-refractivity contribution in [2.24, 2.45) is 4.99 Å². The maximum absolute atomic E-state index is 5.92. The van der Waals surface area contributed by atoms with Crippen LogP contribution < -0.4 is 15.4 Å². The highest BCUT2D eigenvalue weighted by atomic mass is 79.9. The minimum atomic E-state index is 0.00761. The zero-order valence-electron chi connectivity index (χ0n) is 14.2. The molecule has 0 bridgehead atoms. The van der Waals surface area contributed by atoms with Gasteiger partial charge in [-0.2, -0.15) is 0 Å². The Kier molecular flexibility index (Phi) is 7.52. The van der Waals surface area contributed by atoms with Crippen LogP contribution in [0.3, 0.4) is 0 Å². The van der Waals surface area contributed by atoms with E-state index in [1.807, 2.05) is 31.2 Å². The molecule has 1 aromatic heterocycles. The number of aryl methyl sites for hydroxylation is 1. The van der Waals surface area contributed by atoms with Gasteiger partial charge in [0.1, 0.15) is 11.9 Å². The Morgan fingerprint density at radius 3 is 2.83 bits per heavy atom. The number of aromatic nitrogens is 1. The Morgan fingerprint density at radius 1 is 1.38 bits per heavy atom. The smallest absolute Gasteiger partial charge is 0.191 e. The number of hydrogen-bond acceptors (Lipinski definition) is 4. The van der Waals surface area contributed by atoms with Crippen LogP contribution >= 0.6 is 27.3 Å². The molecule has 7 heteroatoms. The van der Waals surface area contributed by atoms with Crippen LogP contribution in [0.1, 0.15) is 24.5 Å². The summed E-state index contributed by atoms with van der Waals surface area (Å²) in [4.78, 5) is 8.77. The predicted octanol–water partition coefficient (Wildman–Crippen LogP) is 3.60. The average molecular weight is 411 g/mol. The van der Waals surface area contributed by atoms with E-state index < -0.39 is 0 Å². The monoisotopic (exact) mass is 410 g/mol. The van der Waals surface area contributed by atoms with Crippen LogP contribution in [0.25, 0.3) is 0 Å². The number of para-hydroxylation sites is 1. The molecule has 0 radical (unpaired) electrons. The summed E-state index contributed by atoms with van der Waals surface area (Å²) in [5.74, 6) is 1.58. The Bertz CT molecular complexity index is 674. The summed E-state index contributed by atoms with van der Waals surface area (Å²) in [6.45, 7) is 5.45. The quantitative estimate of drug-likeness (QED) is 0.540. The zero-order chi connectivity index (χ0) is 17.4. The van der Waals surface area contributed by atoms with Gasteiger partial charge < -0.3 is 15.4 Å². The van der Waals surface area contributed by atoms with Crippen molar-refractivity contribution in [1.82, 2.24) is 15.6 Å². The van der Waals surface area contributed by atoms with Crippen molar-refractivity contribution in [2.45, 2.75) is 32.9 Å². The molecule has 0 saturated heterocycles. The lowest BCUT2D eigenvalue weighted by molar-refractivity contribution is 0.222. The van der Waals surface area contributed by atoms with E-state index in [1.165, 1.54) is 0 Å². The molecule has 1 atom stereocenters. The van der Waals surface area contributed by atoms with E-state index >= 15 is 0 Å². The lowest BCUT2D eigenvalue weighted by Gasteiger charge is -2.18. The Balaban J connectivity index is 1.77. The van der Waals surface area contributed by atoms with Crippen LogP contribution in [-0.4, -0.2) is 30.6 Å². The SMILES string of the molecule is CCc1nc(CNC(=NC)NCC(C)Oc2ccccc2Br)cs1. The first-order valence-corrected chi connectivity index (χ1v) is 9.58. The second-order valence-corrected chi connectivity index (χ2v) is 7.05. The summed E-state index contributed by atoms with van der Waals surface area (Å²) in [7, 11) is 1.76. The highest BCUT2D eigenvalue weighted by Crippen LogP contribution is 2.24. The molecular formula is C17H23BrN4OS. The van der Waals surface area contributed by atoms with Gasteiger partial charge in [-0.25, -0.2) is 4.98 Å². The number of thiazole rings is 1. The lowest BCUT2D eigenvalue weighted by Crippen LogP contribution is -2.41. The second kappa shape index (κ2) is 9.64. The van der Waals surface area contributed by atoms with E-state index in [-0.39, 0.29) is 6.10 Å². The molecule has 0 aliphatic rings. The number of guanidine groups is 1. The van der Waals surface area contributed by atoms with E-state index in [0.717, 1.165) is 33.3 Å². The predicted molar refractivity (Wildman–Crippen MR) is 104 cm³/mol. The molecule has 24 heavy (non-hydrogen) atoms. The van der Waals surface area contributed by atoms with Gasteiger partial charge in [-0.05, 0) is 41.4 Å². The fraction of sp³-hybridized carbons (Fsp3) is 0.412. The van der Waals surface area contributed by atoms with E-state index in [4.69, 9.17) is 4.74 Å². The van der Waals surface area contributed by atoms with Crippen molar-refractivity contribution in [2.75, 3.05) is 13.6 Å². The average Bonchev–Trinajstić information content (AvgIpc) is 3.05. The number of aliphatic imine (C=N–C) groups is 1. The van der Waals surface area contributed by atoms with Gasteiger partial charge in [0, 0.05) is 12.4 Å². The molecular weight excluding hydrogens is 388 g/mol. The molecule has 2 rings (SSSR count). The van der Waals surface area contributed by atoms with Crippen LogP contribution in [0.4, 0.5) is 0 Å². The molecule has 0 aliphatic heterocycles. The molecule has 0 aliphatic carbocycles. The van der Waals surface area contributed by atoms with E-state index in [1.54, 1.807) is 18.4 Å². The maximum atomic E-state index is 5.92. The van der Waals surface area contributed by atoms with Crippen molar-refractivity contribution in [3.63, 3.8) is 0 Å². The molecule has 2 aromatic rings. The van der Waals surface area contributed by atoms with Crippen molar-refractivity contribution >= 4 is 33.2 Å². The van der Waals surface area contributed by atoms with Crippen LogP contribution in [0.2, 0.25) is 0 Å². The van der Waals surface area contributed by atoms with E-state index in [9.17, 15) is 0 Å². The second-order valence-electron chi connectivity index (χ2n) is 5.25. The highest BCUT2D eigenvalue weighted by molar-refractivity contribution is 9.10. The van der Waals surface area contributed by atoms with Gasteiger partial charge in [-0.1, -0.05) is 19.1 Å². The standard InChI is InChI=1S/C17H23BrN4OS/c1-4-16-22-13(11-24-16)10-21-17(19-3)20-9-12(2)23-15-8-6-5-7-14(15)18/h5-8,11-12H,4,9-10H2,1-3H3,(H2,19,20,21). The number of nitrogens with zero attached hydrogens (tertiary/aromatic N) is 2. The van der Waals surface area contributed by atoms with Crippen LogP contribution in [-0.2, 0) is 13.0 Å². The van der Waals surface area contributed by atoms with Crippen LogP contribution in [0, 0.1) is 0 Å². The zero-order valence-corrected chi connectivity index (χ0v) is 16.6. The topological polar surface area (TPSA) is 58.5 Å².